The molecule has 0 aliphatic heterocycles. The lowest BCUT2D eigenvalue weighted by atomic mass is 10.2. The van der Waals surface area contributed by atoms with E-state index in [1.54, 1.807) is 4.90 Å². The van der Waals surface area contributed by atoms with Gasteiger partial charge in [0.1, 0.15) is 5.75 Å². The highest BCUT2D eigenvalue weighted by atomic mass is 32.2. The Labute approximate surface area is 105 Å². The van der Waals surface area contributed by atoms with E-state index in [1.807, 2.05) is 41.5 Å². The van der Waals surface area contributed by atoms with Gasteiger partial charge in [0, 0.05) is 12.1 Å². The van der Waals surface area contributed by atoms with Crippen molar-refractivity contribution in [3.05, 3.63) is 0 Å². The summed E-state index contributed by atoms with van der Waals surface area (Å²) in [6, 6.07) is 0.0495. The zero-order valence-corrected chi connectivity index (χ0v) is 12.5. The van der Waals surface area contributed by atoms with Crippen LogP contribution < -0.4 is 0 Å². The predicted octanol–water partition coefficient (Wildman–Crippen LogP) is 1.70. The van der Waals surface area contributed by atoms with Crippen LogP contribution in [0.1, 0.15) is 41.5 Å². The Morgan fingerprint density at radius 1 is 1.00 bits per heavy atom. The normalized spacial score (nSPS) is 12.5. The lowest BCUT2D eigenvalue weighted by Crippen LogP contribution is -2.45. The highest BCUT2D eigenvalue weighted by molar-refractivity contribution is 7.92. The van der Waals surface area contributed by atoms with Gasteiger partial charge in [-0.2, -0.15) is 0 Å². The molecule has 0 aromatic carbocycles. The van der Waals surface area contributed by atoms with Crippen molar-refractivity contribution in [2.75, 3.05) is 11.5 Å². The summed E-state index contributed by atoms with van der Waals surface area (Å²) in [5.41, 5.74) is 0. The number of hydrogen-bond donors (Lipinski definition) is 0. The van der Waals surface area contributed by atoms with Gasteiger partial charge in [-0.25, -0.2) is 8.42 Å². The minimum Gasteiger partial charge on any atom is -0.337 e. The SMILES string of the molecule is CC(C)CS(=O)(=O)CC(=O)N(C(C)C)C(C)C. The minimum atomic E-state index is -3.28. The molecule has 0 rings (SSSR count). The number of carbonyl (C=O) groups is 1. The highest BCUT2D eigenvalue weighted by Gasteiger charge is 2.25. The molecular formula is C12H25NO3S. The summed E-state index contributed by atoms with van der Waals surface area (Å²) >= 11 is 0. The van der Waals surface area contributed by atoms with Gasteiger partial charge in [-0.05, 0) is 33.6 Å². The molecule has 0 N–H and O–H groups in total. The zero-order chi connectivity index (χ0) is 13.8. The summed E-state index contributed by atoms with van der Waals surface area (Å²) in [6.45, 7) is 11.3. The first-order valence-corrected chi connectivity index (χ1v) is 7.90. The maximum absolute atomic E-state index is 12.0. The maximum atomic E-state index is 12.0. The molecule has 0 fully saturated rings. The quantitative estimate of drug-likeness (QED) is 0.733. The van der Waals surface area contributed by atoms with Gasteiger partial charge in [0.25, 0.3) is 0 Å². The average molecular weight is 263 g/mol. The number of amides is 1. The third-order valence-electron chi connectivity index (χ3n) is 2.33. The Morgan fingerprint density at radius 3 is 1.71 bits per heavy atom. The fraction of sp³-hybridized carbons (Fsp3) is 0.917. The molecule has 0 aromatic rings. The van der Waals surface area contributed by atoms with Crippen molar-refractivity contribution in [3.8, 4) is 0 Å². The highest BCUT2D eigenvalue weighted by Crippen LogP contribution is 2.09. The van der Waals surface area contributed by atoms with E-state index in [2.05, 4.69) is 0 Å². The zero-order valence-electron chi connectivity index (χ0n) is 11.7. The van der Waals surface area contributed by atoms with E-state index < -0.39 is 9.84 Å². The van der Waals surface area contributed by atoms with Gasteiger partial charge in [-0.3, -0.25) is 4.79 Å². The van der Waals surface area contributed by atoms with E-state index in [0.717, 1.165) is 0 Å². The van der Waals surface area contributed by atoms with Crippen LogP contribution >= 0.6 is 0 Å². The molecule has 102 valence electrons. The third-order valence-corrected chi connectivity index (χ3v) is 4.19. The molecule has 0 heterocycles. The monoisotopic (exact) mass is 263 g/mol. The van der Waals surface area contributed by atoms with Crippen molar-refractivity contribution >= 4 is 15.7 Å². The van der Waals surface area contributed by atoms with Crippen LogP contribution in [0.2, 0.25) is 0 Å². The number of sulfone groups is 1. The summed E-state index contributed by atoms with van der Waals surface area (Å²) in [5.74, 6) is -0.542. The van der Waals surface area contributed by atoms with Gasteiger partial charge in [0.2, 0.25) is 5.91 Å². The number of nitrogens with zero attached hydrogens (tertiary/aromatic N) is 1. The summed E-state index contributed by atoms with van der Waals surface area (Å²) in [5, 5.41) is 0. The Kier molecular flexibility index (Phi) is 6.16. The second kappa shape index (κ2) is 6.38. The van der Waals surface area contributed by atoms with Crippen LogP contribution in [0.5, 0.6) is 0 Å². The first-order valence-electron chi connectivity index (χ1n) is 6.08. The fourth-order valence-corrected chi connectivity index (χ4v) is 3.66. The van der Waals surface area contributed by atoms with Crippen molar-refractivity contribution in [2.24, 2.45) is 5.92 Å². The van der Waals surface area contributed by atoms with Crippen molar-refractivity contribution < 1.29 is 13.2 Å². The van der Waals surface area contributed by atoms with Gasteiger partial charge in [0.15, 0.2) is 9.84 Å². The summed E-state index contributed by atoms with van der Waals surface area (Å²) < 4.78 is 23.5. The number of rotatable bonds is 6. The molecule has 0 aliphatic carbocycles. The van der Waals surface area contributed by atoms with E-state index in [-0.39, 0.29) is 35.4 Å². The fourth-order valence-electron chi connectivity index (χ4n) is 2.00. The van der Waals surface area contributed by atoms with Crippen molar-refractivity contribution in [3.63, 3.8) is 0 Å². The molecule has 0 saturated heterocycles. The molecule has 0 saturated carbocycles. The summed E-state index contributed by atoms with van der Waals surface area (Å²) in [7, 11) is -3.28. The Bertz CT molecular complexity index is 337. The molecule has 0 aromatic heterocycles. The van der Waals surface area contributed by atoms with Crippen LogP contribution in [-0.2, 0) is 14.6 Å². The van der Waals surface area contributed by atoms with Gasteiger partial charge in [-0.15, -0.1) is 0 Å². The third kappa shape index (κ3) is 6.05. The second-order valence-corrected chi connectivity index (χ2v) is 7.55. The van der Waals surface area contributed by atoms with E-state index in [1.165, 1.54) is 0 Å². The second-order valence-electron chi connectivity index (χ2n) is 5.44. The molecule has 0 radical (unpaired) electrons. The Hall–Kier alpha value is -0.580. The van der Waals surface area contributed by atoms with Crippen LogP contribution in [0, 0.1) is 5.92 Å². The van der Waals surface area contributed by atoms with Crippen molar-refractivity contribution in [2.45, 2.75) is 53.6 Å². The van der Waals surface area contributed by atoms with E-state index >= 15 is 0 Å². The standard InChI is InChI=1S/C12H25NO3S/c1-9(2)7-17(15,16)8-12(14)13(10(3)4)11(5)6/h9-11H,7-8H2,1-6H3. The van der Waals surface area contributed by atoms with E-state index in [0.29, 0.717) is 0 Å². The van der Waals surface area contributed by atoms with Gasteiger partial charge < -0.3 is 4.90 Å². The van der Waals surface area contributed by atoms with Gasteiger partial charge >= 0.3 is 0 Å². The molecule has 0 atom stereocenters. The average Bonchev–Trinajstić information content (AvgIpc) is 1.95. The summed E-state index contributed by atoms with van der Waals surface area (Å²) in [4.78, 5) is 13.6. The van der Waals surface area contributed by atoms with Crippen LogP contribution in [0.25, 0.3) is 0 Å². The Balaban J connectivity index is 4.73. The molecule has 17 heavy (non-hydrogen) atoms. The molecular weight excluding hydrogens is 238 g/mol. The molecule has 1 amide bonds. The lowest BCUT2D eigenvalue weighted by Gasteiger charge is -2.30. The topological polar surface area (TPSA) is 54.5 Å². The minimum absolute atomic E-state index is 0.0248. The number of carbonyl (C=O) groups excluding carboxylic acids is 1. The van der Waals surface area contributed by atoms with E-state index in [4.69, 9.17) is 0 Å². The predicted molar refractivity (Wildman–Crippen MR) is 70.6 cm³/mol. The molecule has 0 bridgehead atoms. The smallest absolute Gasteiger partial charge is 0.238 e. The number of hydrogen-bond acceptors (Lipinski definition) is 3. The Morgan fingerprint density at radius 2 is 1.41 bits per heavy atom. The molecule has 0 spiro atoms. The largest absolute Gasteiger partial charge is 0.337 e. The molecule has 0 aliphatic rings. The van der Waals surface area contributed by atoms with Crippen LogP contribution in [-0.4, -0.2) is 42.8 Å². The van der Waals surface area contributed by atoms with Crippen LogP contribution in [0.3, 0.4) is 0 Å². The maximum Gasteiger partial charge on any atom is 0.238 e. The molecule has 0 unspecified atom stereocenters. The van der Waals surface area contributed by atoms with Crippen molar-refractivity contribution in [1.29, 1.82) is 0 Å². The summed E-state index contributed by atoms with van der Waals surface area (Å²) in [6.07, 6.45) is 0. The molecule has 5 heteroatoms. The van der Waals surface area contributed by atoms with Crippen molar-refractivity contribution in [1.82, 2.24) is 4.90 Å². The lowest BCUT2D eigenvalue weighted by molar-refractivity contribution is -0.131. The first-order chi connectivity index (χ1) is 7.57. The van der Waals surface area contributed by atoms with E-state index in [9.17, 15) is 13.2 Å². The van der Waals surface area contributed by atoms with Crippen LogP contribution in [0.15, 0.2) is 0 Å². The first kappa shape index (κ1) is 16.4. The molecule has 4 nitrogen and oxygen atoms in total. The van der Waals surface area contributed by atoms with Crippen LogP contribution in [0.4, 0.5) is 0 Å². The van der Waals surface area contributed by atoms with Gasteiger partial charge in [0.05, 0.1) is 5.75 Å². The van der Waals surface area contributed by atoms with Gasteiger partial charge in [-0.1, -0.05) is 13.8 Å².